The molecule has 6 nitrogen and oxygen atoms in total. The number of aliphatic hydroxyl groups excluding tert-OH is 1. The van der Waals surface area contributed by atoms with Crippen LogP contribution in [0.15, 0.2) is 0 Å². The highest BCUT2D eigenvalue weighted by molar-refractivity contribution is 7.53. The predicted molar refractivity (Wildman–Crippen MR) is 116 cm³/mol. The van der Waals surface area contributed by atoms with Crippen LogP contribution in [-0.4, -0.2) is 38.0 Å². The largest absolute Gasteiger partial charge is 0.388 e. The Labute approximate surface area is 172 Å². The van der Waals surface area contributed by atoms with Crippen molar-refractivity contribution in [2.45, 2.75) is 128 Å². The predicted octanol–water partition coefficient (Wildman–Crippen LogP) is 4.82. The van der Waals surface area contributed by atoms with Gasteiger partial charge >= 0.3 is 7.60 Å². The van der Waals surface area contributed by atoms with Crippen molar-refractivity contribution in [1.82, 2.24) is 0 Å². The van der Waals surface area contributed by atoms with Crippen LogP contribution in [-0.2, 0) is 4.57 Å². The lowest BCUT2D eigenvalue weighted by atomic mass is 10.0. The first-order valence-corrected chi connectivity index (χ1v) is 13.1. The van der Waals surface area contributed by atoms with E-state index in [-0.39, 0.29) is 13.0 Å². The van der Waals surface area contributed by atoms with Crippen LogP contribution in [0.5, 0.6) is 0 Å². The molecule has 0 rings (SSSR count). The standard InChI is InChI=1S/C21H46NO5P/c1-2-3-4-5-6-7-8-9-10-11-12-13-14-15-16-17-18-21(24,20(23)19-22)28(25,26)27/h20,23-24H,2-19,22H2,1H3,(H2,25,26,27). The first-order valence-electron chi connectivity index (χ1n) is 11.5. The summed E-state index contributed by atoms with van der Waals surface area (Å²) >= 11 is 0. The Bertz CT molecular complexity index is 404. The second-order valence-corrected chi connectivity index (χ2v) is 10.1. The summed E-state index contributed by atoms with van der Waals surface area (Å²) in [7, 11) is -4.82. The molecule has 0 aromatic heterocycles. The monoisotopic (exact) mass is 423 g/mol. The van der Waals surface area contributed by atoms with E-state index >= 15 is 0 Å². The molecule has 0 saturated carbocycles. The number of aliphatic hydroxyl groups is 2. The zero-order valence-electron chi connectivity index (χ0n) is 18.0. The minimum Gasteiger partial charge on any atom is -0.388 e. The Kier molecular flexibility index (Phi) is 16.8. The molecule has 0 aromatic carbocycles. The fourth-order valence-corrected chi connectivity index (χ4v) is 4.57. The summed E-state index contributed by atoms with van der Waals surface area (Å²) in [6.07, 6.45) is 17.6. The summed E-state index contributed by atoms with van der Waals surface area (Å²) in [5.74, 6) is 0. The van der Waals surface area contributed by atoms with Gasteiger partial charge in [-0.25, -0.2) is 0 Å². The van der Waals surface area contributed by atoms with Gasteiger partial charge in [0.2, 0.25) is 0 Å². The van der Waals surface area contributed by atoms with Crippen molar-refractivity contribution in [3.05, 3.63) is 0 Å². The van der Waals surface area contributed by atoms with Crippen LogP contribution in [0.1, 0.15) is 116 Å². The zero-order chi connectivity index (χ0) is 21.3. The Balaban J connectivity index is 3.54. The molecule has 0 fully saturated rings. The minimum atomic E-state index is -4.82. The van der Waals surface area contributed by atoms with Gasteiger partial charge in [-0.1, -0.05) is 103 Å². The summed E-state index contributed by atoms with van der Waals surface area (Å²) in [4.78, 5) is 18.6. The Morgan fingerprint density at radius 2 is 1.07 bits per heavy atom. The maximum atomic E-state index is 11.5. The van der Waals surface area contributed by atoms with E-state index in [1.807, 2.05) is 0 Å². The summed E-state index contributed by atoms with van der Waals surface area (Å²) in [5.41, 5.74) is 5.26. The van der Waals surface area contributed by atoms with Gasteiger partial charge in [-0.3, -0.25) is 4.57 Å². The average Bonchev–Trinajstić information content (AvgIpc) is 2.65. The van der Waals surface area contributed by atoms with E-state index in [0.29, 0.717) is 6.42 Å². The van der Waals surface area contributed by atoms with E-state index in [0.717, 1.165) is 19.3 Å². The first kappa shape index (κ1) is 28.0. The molecule has 2 atom stereocenters. The zero-order valence-corrected chi connectivity index (χ0v) is 18.9. The lowest BCUT2D eigenvalue weighted by Gasteiger charge is -2.32. The van der Waals surface area contributed by atoms with Gasteiger partial charge in [0.05, 0.1) is 0 Å². The molecule has 0 spiro atoms. The molecule has 6 N–H and O–H groups in total. The summed E-state index contributed by atoms with van der Waals surface area (Å²) in [5, 5.41) is 17.4. The van der Waals surface area contributed by atoms with E-state index in [2.05, 4.69) is 6.92 Å². The van der Waals surface area contributed by atoms with Crippen molar-refractivity contribution in [1.29, 1.82) is 0 Å². The van der Waals surface area contributed by atoms with Crippen LogP contribution in [0.3, 0.4) is 0 Å². The molecular formula is C21H46NO5P. The summed E-state index contributed by atoms with van der Waals surface area (Å²) in [6, 6.07) is 0. The van der Waals surface area contributed by atoms with E-state index in [1.54, 1.807) is 0 Å². The van der Waals surface area contributed by atoms with Crippen molar-refractivity contribution < 1.29 is 24.6 Å². The van der Waals surface area contributed by atoms with Gasteiger partial charge < -0.3 is 25.7 Å². The van der Waals surface area contributed by atoms with Gasteiger partial charge in [0.25, 0.3) is 0 Å². The third-order valence-electron chi connectivity index (χ3n) is 5.66. The molecule has 0 heterocycles. The molecule has 0 amide bonds. The van der Waals surface area contributed by atoms with Gasteiger partial charge in [0, 0.05) is 6.54 Å². The van der Waals surface area contributed by atoms with Gasteiger partial charge in [-0.15, -0.1) is 0 Å². The van der Waals surface area contributed by atoms with Crippen molar-refractivity contribution in [3.63, 3.8) is 0 Å². The average molecular weight is 424 g/mol. The van der Waals surface area contributed by atoms with Crippen LogP contribution < -0.4 is 5.73 Å². The fraction of sp³-hybridized carbons (Fsp3) is 1.00. The van der Waals surface area contributed by atoms with Gasteiger partial charge in [0.1, 0.15) is 6.10 Å². The van der Waals surface area contributed by atoms with E-state index in [9.17, 15) is 24.6 Å². The number of rotatable bonds is 20. The van der Waals surface area contributed by atoms with E-state index in [1.165, 1.54) is 77.0 Å². The Morgan fingerprint density at radius 3 is 1.36 bits per heavy atom. The van der Waals surface area contributed by atoms with Gasteiger partial charge in [-0.2, -0.15) is 0 Å². The molecule has 0 saturated heterocycles. The molecule has 0 radical (unpaired) electrons. The molecular weight excluding hydrogens is 377 g/mol. The highest BCUT2D eigenvalue weighted by atomic mass is 31.2. The molecule has 2 unspecified atom stereocenters. The van der Waals surface area contributed by atoms with Gasteiger partial charge in [0.15, 0.2) is 5.34 Å². The minimum absolute atomic E-state index is 0.131. The molecule has 0 aromatic rings. The lowest BCUT2D eigenvalue weighted by Crippen LogP contribution is -2.46. The Hall–Kier alpha value is 0.0300. The van der Waals surface area contributed by atoms with Gasteiger partial charge in [-0.05, 0) is 12.8 Å². The normalized spacial score (nSPS) is 15.5. The highest BCUT2D eigenvalue weighted by Crippen LogP contribution is 2.53. The number of unbranched alkanes of at least 4 members (excludes halogenated alkanes) is 15. The molecule has 0 aliphatic carbocycles. The van der Waals surface area contributed by atoms with Crippen LogP contribution in [0.25, 0.3) is 0 Å². The summed E-state index contributed by atoms with van der Waals surface area (Å²) in [6.45, 7) is 1.88. The van der Waals surface area contributed by atoms with Crippen molar-refractivity contribution in [2.75, 3.05) is 6.54 Å². The first-order chi connectivity index (χ1) is 13.3. The molecule has 0 bridgehead atoms. The SMILES string of the molecule is CCCCCCCCCCCCCCCCCCC(O)(C(O)CN)P(=O)(O)O. The topological polar surface area (TPSA) is 124 Å². The maximum Gasteiger partial charge on any atom is 0.359 e. The van der Waals surface area contributed by atoms with E-state index < -0.39 is 19.0 Å². The van der Waals surface area contributed by atoms with Crippen molar-refractivity contribution in [2.24, 2.45) is 5.73 Å². The third kappa shape index (κ3) is 12.6. The third-order valence-corrected chi connectivity index (χ3v) is 7.19. The van der Waals surface area contributed by atoms with Crippen molar-refractivity contribution in [3.8, 4) is 0 Å². The Morgan fingerprint density at radius 1 is 0.750 bits per heavy atom. The highest BCUT2D eigenvalue weighted by Gasteiger charge is 2.49. The van der Waals surface area contributed by atoms with Crippen LogP contribution >= 0.6 is 7.60 Å². The second-order valence-electron chi connectivity index (χ2n) is 8.23. The van der Waals surface area contributed by atoms with Crippen LogP contribution in [0, 0.1) is 0 Å². The van der Waals surface area contributed by atoms with Crippen LogP contribution in [0.2, 0.25) is 0 Å². The smallest absolute Gasteiger partial charge is 0.359 e. The molecule has 0 aliphatic rings. The van der Waals surface area contributed by atoms with E-state index in [4.69, 9.17) is 5.73 Å². The number of nitrogens with two attached hydrogens (primary N) is 1. The number of hydrogen-bond donors (Lipinski definition) is 5. The quantitative estimate of drug-likeness (QED) is 0.141. The number of hydrogen-bond acceptors (Lipinski definition) is 4. The van der Waals surface area contributed by atoms with Crippen LogP contribution in [0.4, 0.5) is 0 Å². The maximum absolute atomic E-state index is 11.5. The summed E-state index contributed by atoms with van der Waals surface area (Å²) < 4.78 is 11.5. The molecule has 7 heteroatoms. The van der Waals surface area contributed by atoms with Crippen molar-refractivity contribution >= 4 is 7.60 Å². The second kappa shape index (κ2) is 16.8. The molecule has 0 aliphatic heterocycles. The lowest BCUT2D eigenvalue weighted by molar-refractivity contribution is -0.0322. The molecule has 170 valence electrons. The molecule has 28 heavy (non-hydrogen) atoms. The fourth-order valence-electron chi connectivity index (χ4n) is 3.63.